The number of hydrogen-bond donors (Lipinski definition) is 1. The fraction of sp³-hybridized carbons (Fsp3) is 0.167. The van der Waals surface area contributed by atoms with Gasteiger partial charge in [-0.1, -0.05) is 42.5 Å². The first-order chi connectivity index (χ1) is 17.0. The molecule has 0 radical (unpaired) electrons. The van der Waals surface area contributed by atoms with Gasteiger partial charge in [0.05, 0.1) is 20.0 Å². The van der Waals surface area contributed by atoms with Crippen LogP contribution in [0.4, 0.5) is 5.82 Å². The Bertz CT molecular complexity index is 1390. The lowest BCUT2D eigenvalue weighted by atomic mass is 10.2. The van der Waals surface area contributed by atoms with Crippen LogP contribution in [0.25, 0.3) is 11.5 Å². The van der Waals surface area contributed by atoms with Crippen molar-refractivity contribution >= 4 is 15.8 Å². The number of aromatic nitrogens is 4. The van der Waals surface area contributed by atoms with Crippen LogP contribution in [0, 0.1) is 0 Å². The number of nitrogens with zero attached hydrogens (tertiary/aromatic N) is 4. The van der Waals surface area contributed by atoms with Crippen LogP contribution >= 0.6 is 0 Å². The van der Waals surface area contributed by atoms with E-state index < -0.39 is 10.0 Å². The van der Waals surface area contributed by atoms with Crippen LogP contribution in [0.15, 0.2) is 72.9 Å². The Hall–Kier alpha value is -4.25. The van der Waals surface area contributed by atoms with Gasteiger partial charge < -0.3 is 14.2 Å². The molecule has 0 saturated heterocycles. The van der Waals surface area contributed by atoms with E-state index in [-0.39, 0.29) is 29.0 Å². The molecule has 0 aliphatic heterocycles. The first-order valence-corrected chi connectivity index (χ1v) is 12.2. The second kappa shape index (κ2) is 10.8. The third-order valence-corrected chi connectivity index (χ3v) is 6.11. The van der Waals surface area contributed by atoms with E-state index in [1.807, 2.05) is 30.3 Å². The number of anilines is 1. The van der Waals surface area contributed by atoms with Crippen LogP contribution in [0.2, 0.25) is 0 Å². The first kappa shape index (κ1) is 23.9. The Labute approximate surface area is 203 Å². The molecule has 0 bridgehead atoms. The summed E-state index contributed by atoms with van der Waals surface area (Å²) in [5.41, 5.74) is 1.23. The van der Waals surface area contributed by atoms with Gasteiger partial charge in [-0.3, -0.25) is 4.72 Å². The van der Waals surface area contributed by atoms with Crippen LogP contribution in [-0.2, 0) is 16.4 Å². The van der Waals surface area contributed by atoms with Crippen molar-refractivity contribution in [3.63, 3.8) is 0 Å². The molecular weight excluding hydrogens is 470 g/mol. The normalized spacial score (nSPS) is 11.0. The van der Waals surface area contributed by atoms with Gasteiger partial charge in [0, 0.05) is 6.20 Å². The van der Waals surface area contributed by atoms with Crippen molar-refractivity contribution < 1.29 is 22.6 Å². The van der Waals surface area contributed by atoms with E-state index in [1.54, 1.807) is 36.4 Å². The molecule has 4 rings (SSSR count). The van der Waals surface area contributed by atoms with Crippen molar-refractivity contribution in [2.24, 2.45) is 0 Å². The van der Waals surface area contributed by atoms with Crippen molar-refractivity contribution in [3.8, 4) is 34.6 Å². The third-order valence-electron chi connectivity index (χ3n) is 4.86. The maximum atomic E-state index is 13.0. The van der Waals surface area contributed by atoms with Gasteiger partial charge in [0.15, 0.2) is 23.1 Å². The summed E-state index contributed by atoms with van der Waals surface area (Å²) in [6, 6.07) is 19.6. The van der Waals surface area contributed by atoms with E-state index in [1.165, 1.54) is 20.4 Å². The smallest absolute Gasteiger partial charge is 0.263 e. The van der Waals surface area contributed by atoms with E-state index >= 15 is 0 Å². The molecule has 10 nitrogen and oxygen atoms in total. The molecule has 0 saturated carbocycles. The highest BCUT2D eigenvalue weighted by atomic mass is 32.2. The molecule has 0 spiro atoms. The van der Waals surface area contributed by atoms with E-state index in [4.69, 9.17) is 14.2 Å². The summed E-state index contributed by atoms with van der Waals surface area (Å²) in [7, 11) is -0.936. The number of rotatable bonds is 10. The molecule has 1 N–H and O–H groups in total. The summed E-state index contributed by atoms with van der Waals surface area (Å²) < 4.78 is 45.4. The molecule has 0 atom stereocenters. The standard InChI is InChI=1S/C24H23N5O5S/c1-32-19-12-6-7-13-20(19)34-21-23(29-35(30,31)16-14-17-9-4-3-5-10-17)26-22(27-24(21)33-2)18-11-8-15-25-28-18/h3-13,15H,14,16H2,1-2H3,(H,26,27,29). The predicted octanol–water partition coefficient (Wildman–Crippen LogP) is 3.73. The van der Waals surface area contributed by atoms with Gasteiger partial charge in [-0.25, -0.2) is 13.4 Å². The van der Waals surface area contributed by atoms with Gasteiger partial charge in [0.1, 0.15) is 5.69 Å². The summed E-state index contributed by atoms with van der Waals surface area (Å²) in [4.78, 5) is 8.75. The second-order valence-corrected chi connectivity index (χ2v) is 9.09. The average molecular weight is 494 g/mol. The zero-order chi connectivity index (χ0) is 24.7. The molecule has 11 heteroatoms. The first-order valence-electron chi connectivity index (χ1n) is 10.6. The zero-order valence-electron chi connectivity index (χ0n) is 19.1. The van der Waals surface area contributed by atoms with Crippen molar-refractivity contribution in [1.82, 2.24) is 20.2 Å². The van der Waals surface area contributed by atoms with Crippen LogP contribution in [-0.4, -0.2) is 48.6 Å². The predicted molar refractivity (Wildman–Crippen MR) is 130 cm³/mol. The number of para-hydroxylation sites is 2. The summed E-state index contributed by atoms with van der Waals surface area (Å²) in [6.07, 6.45) is 1.82. The number of benzene rings is 2. The largest absolute Gasteiger partial charge is 0.493 e. The number of hydrogen-bond acceptors (Lipinski definition) is 9. The minimum absolute atomic E-state index is 0.00678. The van der Waals surface area contributed by atoms with Crippen LogP contribution in [0.5, 0.6) is 23.1 Å². The van der Waals surface area contributed by atoms with Crippen molar-refractivity contribution in [1.29, 1.82) is 0 Å². The Morgan fingerprint density at radius 2 is 1.60 bits per heavy atom. The van der Waals surface area contributed by atoms with Crippen molar-refractivity contribution in [3.05, 3.63) is 78.5 Å². The van der Waals surface area contributed by atoms with Gasteiger partial charge in [0.25, 0.3) is 5.88 Å². The Balaban J connectivity index is 1.74. The van der Waals surface area contributed by atoms with E-state index in [2.05, 4.69) is 24.9 Å². The monoisotopic (exact) mass is 493 g/mol. The van der Waals surface area contributed by atoms with Crippen LogP contribution in [0.1, 0.15) is 5.56 Å². The quantitative estimate of drug-likeness (QED) is 0.352. The second-order valence-electron chi connectivity index (χ2n) is 7.25. The van der Waals surface area contributed by atoms with Crippen molar-refractivity contribution in [2.45, 2.75) is 6.42 Å². The lowest BCUT2D eigenvalue weighted by Crippen LogP contribution is -2.20. The van der Waals surface area contributed by atoms with Gasteiger partial charge in [-0.2, -0.15) is 10.1 Å². The van der Waals surface area contributed by atoms with Crippen LogP contribution < -0.4 is 18.9 Å². The number of aryl methyl sites for hydroxylation is 1. The zero-order valence-corrected chi connectivity index (χ0v) is 19.9. The van der Waals surface area contributed by atoms with Crippen LogP contribution in [0.3, 0.4) is 0 Å². The molecule has 2 aromatic heterocycles. The molecule has 4 aromatic rings. The molecular formula is C24H23N5O5S. The number of ether oxygens (including phenoxy) is 3. The van der Waals surface area contributed by atoms with E-state index in [0.717, 1.165) is 5.56 Å². The molecule has 2 aromatic carbocycles. The third kappa shape index (κ3) is 6.01. The molecule has 35 heavy (non-hydrogen) atoms. The van der Waals surface area contributed by atoms with E-state index in [9.17, 15) is 8.42 Å². The van der Waals surface area contributed by atoms with Gasteiger partial charge in [0.2, 0.25) is 15.8 Å². The summed E-state index contributed by atoms with van der Waals surface area (Å²) >= 11 is 0. The maximum Gasteiger partial charge on any atom is 0.263 e. The molecule has 0 aliphatic carbocycles. The number of nitrogens with one attached hydrogen (secondary N) is 1. The SMILES string of the molecule is COc1ccccc1Oc1c(NS(=O)(=O)CCc2ccccc2)nc(-c2cccnn2)nc1OC. The van der Waals surface area contributed by atoms with Crippen molar-refractivity contribution in [2.75, 3.05) is 24.7 Å². The molecule has 2 heterocycles. The molecule has 0 fully saturated rings. The minimum atomic E-state index is -3.83. The fourth-order valence-corrected chi connectivity index (χ4v) is 4.21. The highest BCUT2D eigenvalue weighted by Crippen LogP contribution is 2.40. The molecule has 0 unspecified atom stereocenters. The number of methoxy groups -OCH3 is 2. The molecule has 0 aliphatic rings. The molecule has 0 amide bonds. The Morgan fingerprint density at radius 3 is 2.29 bits per heavy atom. The highest BCUT2D eigenvalue weighted by Gasteiger charge is 2.24. The van der Waals surface area contributed by atoms with E-state index in [0.29, 0.717) is 23.6 Å². The lowest BCUT2D eigenvalue weighted by molar-refractivity contribution is 0.348. The Kier molecular flexibility index (Phi) is 7.36. The Morgan fingerprint density at radius 1 is 0.857 bits per heavy atom. The van der Waals surface area contributed by atoms with Gasteiger partial charge in [-0.15, -0.1) is 5.10 Å². The number of sulfonamides is 1. The van der Waals surface area contributed by atoms with Gasteiger partial charge in [-0.05, 0) is 36.2 Å². The summed E-state index contributed by atoms with van der Waals surface area (Å²) in [6.45, 7) is 0. The fourth-order valence-electron chi connectivity index (χ4n) is 3.17. The highest BCUT2D eigenvalue weighted by molar-refractivity contribution is 7.92. The average Bonchev–Trinajstić information content (AvgIpc) is 2.89. The van der Waals surface area contributed by atoms with Gasteiger partial charge >= 0.3 is 0 Å². The lowest BCUT2D eigenvalue weighted by Gasteiger charge is -2.17. The molecule has 180 valence electrons. The minimum Gasteiger partial charge on any atom is -0.493 e. The summed E-state index contributed by atoms with van der Waals surface area (Å²) in [5, 5.41) is 7.85. The summed E-state index contributed by atoms with van der Waals surface area (Å²) in [5.74, 6) is 0.594. The maximum absolute atomic E-state index is 13.0. The topological polar surface area (TPSA) is 125 Å².